The summed E-state index contributed by atoms with van der Waals surface area (Å²) in [5.74, 6) is -0.279. The molecular weight excluding hydrogens is 263 g/mol. The highest BCUT2D eigenvalue weighted by Gasteiger charge is 2.11. The van der Waals surface area contributed by atoms with Gasteiger partial charge in [-0.05, 0) is 36.8 Å². The average Bonchev–Trinajstić information content (AvgIpc) is 2.41. The fraction of sp³-hybridized carbons (Fsp3) is 0.0714. The first-order valence-electron chi connectivity index (χ1n) is 5.62. The maximum atomic E-state index is 13.7. The Morgan fingerprint density at radius 3 is 2.63 bits per heavy atom. The van der Waals surface area contributed by atoms with Crippen LogP contribution in [0, 0.1) is 12.7 Å². The Hall–Kier alpha value is -2.01. The van der Waals surface area contributed by atoms with E-state index in [0.29, 0.717) is 10.5 Å². The Morgan fingerprint density at radius 2 is 1.95 bits per heavy atom. The van der Waals surface area contributed by atoms with Crippen molar-refractivity contribution in [2.45, 2.75) is 16.7 Å². The van der Waals surface area contributed by atoms with Gasteiger partial charge in [-0.25, -0.2) is 4.39 Å². The van der Waals surface area contributed by atoms with Gasteiger partial charge >= 0.3 is 0 Å². The van der Waals surface area contributed by atoms with Crippen LogP contribution in [0.3, 0.4) is 0 Å². The quantitative estimate of drug-likeness (QED) is 0.391. The summed E-state index contributed by atoms with van der Waals surface area (Å²) in [5.41, 5.74) is 7.24. The second-order valence-electron chi connectivity index (χ2n) is 4.02. The molecule has 0 fully saturated rings. The van der Waals surface area contributed by atoms with Crippen molar-refractivity contribution in [1.29, 1.82) is 0 Å². The fourth-order valence-electron chi connectivity index (χ4n) is 1.63. The highest BCUT2D eigenvalue weighted by molar-refractivity contribution is 7.99. The lowest BCUT2D eigenvalue weighted by molar-refractivity contribution is 0.318. The number of rotatable bonds is 3. The topological polar surface area (TPSA) is 58.6 Å². The molecule has 2 aromatic rings. The van der Waals surface area contributed by atoms with Gasteiger partial charge in [-0.3, -0.25) is 0 Å². The predicted molar refractivity (Wildman–Crippen MR) is 74.2 cm³/mol. The van der Waals surface area contributed by atoms with E-state index < -0.39 is 0 Å². The van der Waals surface area contributed by atoms with E-state index in [0.717, 1.165) is 10.5 Å². The molecule has 3 nitrogen and oxygen atoms in total. The van der Waals surface area contributed by atoms with Crippen molar-refractivity contribution >= 4 is 17.6 Å². The zero-order chi connectivity index (χ0) is 13.8. The van der Waals surface area contributed by atoms with Crippen molar-refractivity contribution in [1.82, 2.24) is 0 Å². The van der Waals surface area contributed by atoms with E-state index >= 15 is 0 Å². The van der Waals surface area contributed by atoms with Crippen molar-refractivity contribution in [2.75, 3.05) is 0 Å². The van der Waals surface area contributed by atoms with Crippen molar-refractivity contribution < 1.29 is 9.60 Å². The fourth-order valence-corrected chi connectivity index (χ4v) is 2.70. The summed E-state index contributed by atoms with van der Waals surface area (Å²) in [7, 11) is 0. The molecule has 2 aromatic carbocycles. The average molecular weight is 276 g/mol. The summed E-state index contributed by atoms with van der Waals surface area (Å²) >= 11 is 1.25. The monoisotopic (exact) mass is 276 g/mol. The van der Waals surface area contributed by atoms with E-state index in [2.05, 4.69) is 5.16 Å². The molecule has 0 aliphatic rings. The number of hydrogen-bond acceptors (Lipinski definition) is 3. The van der Waals surface area contributed by atoms with E-state index in [1.165, 1.54) is 17.8 Å². The first kappa shape index (κ1) is 13.4. The number of oxime groups is 1. The van der Waals surface area contributed by atoms with Crippen molar-refractivity contribution in [3.05, 3.63) is 59.4 Å². The molecule has 0 heterocycles. The lowest BCUT2D eigenvalue weighted by Gasteiger charge is -2.09. The molecule has 5 heteroatoms. The zero-order valence-corrected chi connectivity index (χ0v) is 11.1. The second kappa shape index (κ2) is 5.75. The minimum absolute atomic E-state index is 0.0128. The van der Waals surface area contributed by atoms with Gasteiger partial charge in [0.2, 0.25) is 0 Å². The maximum absolute atomic E-state index is 13.7. The van der Waals surface area contributed by atoms with Crippen LogP contribution in [-0.2, 0) is 0 Å². The number of nitrogens with zero attached hydrogens (tertiary/aromatic N) is 1. The largest absolute Gasteiger partial charge is 0.409 e. The first-order chi connectivity index (χ1) is 9.11. The molecule has 0 unspecified atom stereocenters. The molecule has 0 spiro atoms. The van der Waals surface area contributed by atoms with Crippen LogP contribution < -0.4 is 5.73 Å². The van der Waals surface area contributed by atoms with Gasteiger partial charge in [0.25, 0.3) is 0 Å². The molecular formula is C14H13FN2OS. The lowest BCUT2D eigenvalue weighted by Crippen LogP contribution is -2.14. The van der Waals surface area contributed by atoms with Gasteiger partial charge in [0.15, 0.2) is 5.84 Å². The van der Waals surface area contributed by atoms with Gasteiger partial charge < -0.3 is 10.9 Å². The van der Waals surface area contributed by atoms with Crippen LogP contribution in [0.4, 0.5) is 4.39 Å². The summed E-state index contributed by atoms with van der Waals surface area (Å²) < 4.78 is 13.7. The molecule has 0 aliphatic carbocycles. The SMILES string of the molecule is Cc1ccc(C(N)=NO)c(Sc2ccccc2F)c1. The Bertz CT molecular complexity index is 629. The van der Waals surface area contributed by atoms with Gasteiger partial charge in [0.1, 0.15) is 5.82 Å². The summed E-state index contributed by atoms with van der Waals surface area (Å²) in [4.78, 5) is 1.25. The van der Waals surface area contributed by atoms with Crippen LogP contribution >= 0.6 is 11.8 Å². The van der Waals surface area contributed by atoms with E-state index in [1.54, 1.807) is 24.3 Å². The summed E-state index contributed by atoms with van der Waals surface area (Å²) in [5, 5.41) is 11.8. The molecule has 0 bridgehead atoms. The Labute approximate surface area is 114 Å². The second-order valence-corrected chi connectivity index (χ2v) is 5.10. The molecule has 0 saturated carbocycles. The smallest absolute Gasteiger partial charge is 0.171 e. The van der Waals surface area contributed by atoms with Gasteiger partial charge in [0, 0.05) is 15.4 Å². The lowest BCUT2D eigenvalue weighted by atomic mass is 10.1. The predicted octanol–water partition coefficient (Wildman–Crippen LogP) is 3.38. The van der Waals surface area contributed by atoms with Gasteiger partial charge in [-0.15, -0.1) is 0 Å². The number of nitrogens with two attached hydrogens (primary N) is 1. The molecule has 0 atom stereocenters. The molecule has 0 amide bonds. The normalized spacial score (nSPS) is 11.6. The Balaban J connectivity index is 2.44. The summed E-state index contributed by atoms with van der Waals surface area (Å²) in [6.45, 7) is 1.93. The summed E-state index contributed by atoms with van der Waals surface area (Å²) in [6.07, 6.45) is 0. The molecule has 0 radical (unpaired) electrons. The van der Waals surface area contributed by atoms with Crippen LogP contribution in [0.15, 0.2) is 57.4 Å². The van der Waals surface area contributed by atoms with Crippen LogP contribution in [0.2, 0.25) is 0 Å². The van der Waals surface area contributed by atoms with E-state index in [1.807, 2.05) is 19.1 Å². The van der Waals surface area contributed by atoms with Gasteiger partial charge in [-0.1, -0.05) is 35.1 Å². The maximum Gasteiger partial charge on any atom is 0.171 e. The summed E-state index contributed by atoms with van der Waals surface area (Å²) in [6, 6.07) is 12.0. The Kier molecular flexibility index (Phi) is 4.06. The molecule has 0 saturated heterocycles. The van der Waals surface area contributed by atoms with Gasteiger partial charge in [0.05, 0.1) is 0 Å². The third kappa shape index (κ3) is 3.06. The molecule has 98 valence electrons. The van der Waals surface area contributed by atoms with Crippen LogP contribution in [-0.4, -0.2) is 11.0 Å². The zero-order valence-electron chi connectivity index (χ0n) is 10.3. The third-order valence-corrected chi connectivity index (χ3v) is 3.69. The molecule has 0 aliphatic heterocycles. The highest BCUT2D eigenvalue weighted by atomic mass is 32.2. The molecule has 3 N–H and O–H groups in total. The van der Waals surface area contributed by atoms with Crippen molar-refractivity contribution in [3.63, 3.8) is 0 Å². The molecule has 0 aromatic heterocycles. The minimum Gasteiger partial charge on any atom is -0.409 e. The van der Waals surface area contributed by atoms with Crippen LogP contribution in [0.5, 0.6) is 0 Å². The molecule has 19 heavy (non-hydrogen) atoms. The first-order valence-corrected chi connectivity index (χ1v) is 6.44. The van der Waals surface area contributed by atoms with Crippen molar-refractivity contribution in [3.8, 4) is 0 Å². The van der Waals surface area contributed by atoms with Gasteiger partial charge in [-0.2, -0.15) is 0 Å². The Morgan fingerprint density at radius 1 is 1.21 bits per heavy atom. The highest BCUT2D eigenvalue weighted by Crippen LogP contribution is 2.32. The number of hydrogen-bond donors (Lipinski definition) is 2. The minimum atomic E-state index is -0.292. The van der Waals surface area contributed by atoms with Crippen molar-refractivity contribution in [2.24, 2.45) is 10.9 Å². The number of benzene rings is 2. The number of aryl methyl sites for hydroxylation is 1. The number of halogens is 1. The van der Waals surface area contributed by atoms with Crippen LogP contribution in [0.1, 0.15) is 11.1 Å². The third-order valence-electron chi connectivity index (χ3n) is 2.58. The van der Waals surface area contributed by atoms with E-state index in [4.69, 9.17) is 10.9 Å². The van der Waals surface area contributed by atoms with E-state index in [9.17, 15) is 4.39 Å². The van der Waals surface area contributed by atoms with Crippen LogP contribution in [0.25, 0.3) is 0 Å². The van der Waals surface area contributed by atoms with E-state index in [-0.39, 0.29) is 11.7 Å². The standard InChI is InChI=1S/C14H13FN2OS/c1-9-6-7-10(14(16)17-18)13(8-9)19-12-5-3-2-4-11(12)15/h2-8,18H,1H3,(H2,16,17). The molecule has 2 rings (SSSR count). The number of amidine groups is 1.